The molecular formula is C15H19N3O3S. The van der Waals surface area contributed by atoms with Gasteiger partial charge in [-0.05, 0) is 25.0 Å². The fourth-order valence-electron chi connectivity index (χ4n) is 2.24. The van der Waals surface area contributed by atoms with Gasteiger partial charge in [0.15, 0.2) is 11.0 Å². The lowest BCUT2D eigenvalue weighted by Crippen LogP contribution is -2.30. The van der Waals surface area contributed by atoms with Gasteiger partial charge in [-0.1, -0.05) is 18.7 Å². The molecule has 0 saturated carbocycles. The molecule has 1 aliphatic rings. The van der Waals surface area contributed by atoms with Crippen molar-refractivity contribution in [3.05, 3.63) is 33.9 Å². The van der Waals surface area contributed by atoms with E-state index in [0.29, 0.717) is 18.7 Å². The first kappa shape index (κ1) is 16.5. The van der Waals surface area contributed by atoms with Gasteiger partial charge in [0.2, 0.25) is 0 Å². The molecule has 0 atom stereocenters. The lowest BCUT2D eigenvalue weighted by molar-refractivity contribution is -0.384. The first-order valence-corrected chi connectivity index (χ1v) is 8.23. The summed E-state index contributed by atoms with van der Waals surface area (Å²) in [5.41, 5.74) is 1.53. The number of nitro groups is 1. The van der Waals surface area contributed by atoms with Gasteiger partial charge in [-0.25, -0.2) is 4.99 Å². The molecule has 2 rings (SSSR count). The first-order chi connectivity index (χ1) is 10.5. The van der Waals surface area contributed by atoms with Gasteiger partial charge in [0.05, 0.1) is 17.2 Å². The van der Waals surface area contributed by atoms with Crippen molar-refractivity contribution in [2.75, 3.05) is 18.8 Å². The van der Waals surface area contributed by atoms with Crippen LogP contribution in [-0.4, -0.2) is 39.6 Å². The number of nitrogens with zero attached hydrogens (tertiary/aromatic N) is 3. The minimum absolute atomic E-state index is 0.0653. The molecule has 22 heavy (non-hydrogen) atoms. The van der Waals surface area contributed by atoms with Crippen LogP contribution in [0.2, 0.25) is 0 Å². The van der Waals surface area contributed by atoms with Gasteiger partial charge in [0.25, 0.3) is 5.69 Å². The second kappa shape index (κ2) is 7.40. The molecule has 0 unspecified atom stereocenters. The van der Waals surface area contributed by atoms with Crippen LogP contribution in [0.1, 0.15) is 25.3 Å². The largest absolute Gasteiger partial charge is 0.343 e. The van der Waals surface area contributed by atoms with Crippen molar-refractivity contribution in [1.82, 2.24) is 4.90 Å². The molecule has 1 aliphatic heterocycles. The third kappa shape index (κ3) is 4.07. The molecular weight excluding hydrogens is 302 g/mol. The summed E-state index contributed by atoms with van der Waals surface area (Å²) in [6, 6.07) is 4.63. The van der Waals surface area contributed by atoms with Crippen LogP contribution in [0.3, 0.4) is 0 Å². The lowest BCUT2D eigenvalue weighted by Gasteiger charge is -2.16. The van der Waals surface area contributed by atoms with E-state index in [-0.39, 0.29) is 11.5 Å². The van der Waals surface area contributed by atoms with Gasteiger partial charge >= 0.3 is 0 Å². The van der Waals surface area contributed by atoms with Crippen molar-refractivity contribution in [1.29, 1.82) is 0 Å². The van der Waals surface area contributed by atoms with Gasteiger partial charge in [-0.2, -0.15) is 0 Å². The number of Topliss-reactive ketones (excluding diaryl/α,β-unsaturated/α-hetero) is 1. The average Bonchev–Trinajstić information content (AvgIpc) is 2.88. The summed E-state index contributed by atoms with van der Waals surface area (Å²) in [6.45, 7) is 5.00. The summed E-state index contributed by atoms with van der Waals surface area (Å²) >= 11 is 1.61. The van der Waals surface area contributed by atoms with E-state index in [9.17, 15) is 14.9 Å². The number of amidine groups is 1. The van der Waals surface area contributed by atoms with Crippen molar-refractivity contribution < 1.29 is 9.72 Å². The Labute approximate surface area is 133 Å². The number of hydrogen-bond acceptors (Lipinski definition) is 5. The maximum Gasteiger partial charge on any atom is 0.269 e. The number of carbonyl (C=O) groups is 1. The number of thioether (sulfide) groups is 1. The van der Waals surface area contributed by atoms with Crippen molar-refractivity contribution >= 4 is 34.1 Å². The normalized spacial score (nSPS) is 16.3. The second-order valence-corrected chi connectivity index (χ2v) is 6.24. The van der Waals surface area contributed by atoms with E-state index in [0.717, 1.165) is 29.4 Å². The molecule has 0 aromatic heterocycles. The second-order valence-electron chi connectivity index (χ2n) is 5.18. The Kier molecular flexibility index (Phi) is 5.54. The van der Waals surface area contributed by atoms with Gasteiger partial charge in [-0.15, -0.1) is 0 Å². The van der Waals surface area contributed by atoms with Crippen molar-refractivity contribution in [3.63, 3.8) is 0 Å². The van der Waals surface area contributed by atoms with Crippen LogP contribution >= 0.6 is 11.8 Å². The van der Waals surface area contributed by atoms with Crippen molar-refractivity contribution in [2.24, 2.45) is 4.99 Å². The van der Waals surface area contributed by atoms with E-state index < -0.39 is 4.92 Å². The fraction of sp³-hybridized carbons (Fsp3) is 0.467. The number of aryl methyl sites for hydroxylation is 1. The number of rotatable bonds is 6. The van der Waals surface area contributed by atoms with Gasteiger partial charge < -0.3 is 4.90 Å². The van der Waals surface area contributed by atoms with E-state index in [4.69, 9.17) is 0 Å². The number of ketones is 1. The number of benzene rings is 1. The molecule has 0 spiro atoms. The molecule has 1 aromatic rings. The number of nitro benzene ring substituents is 1. The Morgan fingerprint density at radius 3 is 2.91 bits per heavy atom. The summed E-state index contributed by atoms with van der Waals surface area (Å²) in [5.74, 6) is 1.13. The van der Waals surface area contributed by atoms with Crippen molar-refractivity contribution in [2.45, 2.75) is 26.7 Å². The average molecular weight is 321 g/mol. The fourth-order valence-corrected chi connectivity index (χ4v) is 3.23. The predicted molar refractivity (Wildman–Crippen MR) is 88.9 cm³/mol. The van der Waals surface area contributed by atoms with E-state index in [2.05, 4.69) is 4.99 Å². The van der Waals surface area contributed by atoms with Gasteiger partial charge in [0.1, 0.15) is 0 Å². The zero-order chi connectivity index (χ0) is 16.1. The number of non-ortho nitro benzene ring substituents is 1. The van der Waals surface area contributed by atoms with E-state index in [1.807, 2.05) is 11.8 Å². The molecule has 1 heterocycles. The van der Waals surface area contributed by atoms with Gasteiger partial charge in [-0.3, -0.25) is 14.9 Å². The molecule has 0 radical (unpaired) electrons. The maximum atomic E-state index is 11.8. The highest BCUT2D eigenvalue weighted by Gasteiger charge is 2.22. The molecule has 0 aliphatic carbocycles. The SMILES string of the molecule is CCCC(=O)CN1CCSC1=Nc1ccc([N+](=O)[O-])cc1C. The minimum Gasteiger partial charge on any atom is -0.343 e. The molecule has 0 bridgehead atoms. The smallest absolute Gasteiger partial charge is 0.269 e. The summed E-state index contributed by atoms with van der Waals surface area (Å²) in [6.07, 6.45) is 1.44. The first-order valence-electron chi connectivity index (χ1n) is 7.24. The molecule has 1 fully saturated rings. The zero-order valence-corrected chi connectivity index (χ0v) is 13.6. The Hall–Kier alpha value is -1.89. The number of aliphatic imine (C=N–C) groups is 1. The maximum absolute atomic E-state index is 11.8. The highest BCUT2D eigenvalue weighted by Crippen LogP contribution is 2.27. The third-order valence-corrected chi connectivity index (χ3v) is 4.36. The molecule has 0 N–H and O–H groups in total. The molecule has 1 saturated heterocycles. The third-order valence-electron chi connectivity index (χ3n) is 3.37. The van der Waals surface area contributed by atoms with Gasteiger partial charge in [0, 0.05) is 30.9 Å². The highest BCUT2D eigenvalue weighted by atomic mass is 32.2. The minimum atomic E-state index is -0.413. The molecule has 7 heteroatoms. The lowest BCUT2D eigenvalue weighted by atomic mass is 10.2. The molecule has 118 valence electrons. The summed E-state index contributed by atoms with van der Waals surface area (Å²) in [7, 11) is 0. The predicted octanol–water partition coefficient (Wildman–Crippen LogP) is 3.31. The van der Waals surface area contributed by atoms with Crippen LogP contribution in [0.4, 0.5) is 11.4 Å². The monoisotopic (exact) mass is 321 g/mol. The highest BCUT2D eigenvalue weighted by molar-refractivity contribution is 8.14. The number of carbonyl (C=O) groups excluding carboxylic acids is 1. The van der Waals surface area contributed by atoms with Crippen LogP contribution in [0, 0.1) is 17.0 Å². The molecule has 1 aromatic carbocycles. The Balaban J connectivity index is 2.17. The summed E-state index contributed by atoms with van der Waals surface area (Å²) in [4.78, 5) is 28.7. The van der Waals surface area contributed by atoms with E-state index in [1.165, 1.54) is 12.1 Å². The van der Waals surface area contributed by atoms with Crippen LogP contribution in [0.5, 0.6) is 0 Å². The summed E-state index contributed by atoms with van der Waals surface area (Å²) < 4.78 is 0. The quantitative estimate of drug-likeness (QED) is 0.593. The molecule has 6 nitrogen and oxygen atoms in total. The van der Waals surface area contributed by atoms with Crippen LogP contribution in [0.15, 0.2) is 23.2 Å². The van der Waals surface area contributed by atoms with Crippen molar-refractivity contribution in [3.8, 4) is 0 Å². The van der Waals surface area contributed by atoms with Crippen LogP contribution in [0.25, 0.3) is 0 Å². The summed E-state index contributed by atoms with van der Waals surface area (Å²) in [5, 5.41) is 11.6. The van der Waals surface area contributed by atoms with Crippen LogP contribution < -0.4 is 0 Å². The number of hydrogen-bond donors (Lipinski definition) is 0. The van der Waals surface area contributed by atoms with E-state index >= 15 is 0 Å². The Bertz CT molecular complexity index is 616. The topological polar surface area (TPSA) is 75.8 Å². The zero-order valence-electron chi connectivity index (χ0n) is 12.7. The van der Waals surface area contributed by atoms with E-state index in [1.54, 1.807) is 24.8 Å². The Morgan fingerprint density at radius 1 is 1.50 bits per heavy atom. The van der Waals surface area contributed by atoms with Crippen LogP contribution in [-0.2, 0) is 4.79 Å². The molecule has 0 amide bonds. The standard InChI is InChI=1S/C15H19N3O3S/c1-3-4-13(19)10-17-7-8-22-15(17)16-14-6-5-12(18(20)21)9-11(14)2/h5-6,9H,3-4,7-8,10H2,1-2H3. The Morgan fingerprint density at radius 2 is 2.27 bits per heavy atom.